The van der Waals surface area contributed by atoms with Gasteiger partial charge in [0.1, 0.15) is 6.61 Å². The molecule has 0 aliphatic carbocycles. The van der Waals surface area contributed by atoms with Crippen molar-refractivity contribution in [1.82, 2.24) is 0 Å². The molecule has 0 heterocycles. The molecule has 0 saturated carbocycles. The second-order valence-corrected chi connectivity index (χ2v) is 6.04. The van der Waals surface area contributed by atoms with E-state index in [1.165, 1.54) is 19.2 Å². The molecule has 0 aliphatic rings. The number of nitro benzene ring substituents is 1. The van der Waals surface area contributed by atoms with Gasteiger partial charge >= 0.3 is 0 Å². The number of hydrogen-bond acceptors (Lipinski definition) is 6. The Bertz CT molecular complexity index is 775. The normalized spacial score (nSPS) is 11.2. The number of benzene rings is 2. The molecule has 2 rings (SSSR count). The number of phenolic OH excluding ortho intramolecular Hbond substituents is 1. The number of halogens is 1. The maximum Gasteiger partial charge on any atom is 0.269 e. The molecule has 0 atom stereocenters. The van der Waals surface area contributed by atoms with Gasteiger partial charge in [0.25, 0.3) is 5.69 Å². The molecule has 2 aromatic carbocycles. The third-order valence-electron chi connectivity index (χ3n) is 3.24. The van der Waals surface area contributed by atoms with E-state index in [-0.39, 0.29) is 18.0 Å². The monoisotopic (exact) mass is 442 g/mol. The minimum atomic E-state index is -0.453. The topological polar surface area (TPSA) is 94.2 Å². The van der Waals surface area contributed by atoms with Crippen molar-refractivity contribution < 1.29 is 19.6 Å². The second-order valence-electron chi connectivity index (χ2n) is 4.88. The fraction of sp³-hybridized carbons (Fsp3) is 0.188. The van der Waals surface area contributed by atoms with Crippen LogP contribution < -0.4 is 4.74 Å². The highest BCUT2D eigenvalue weighted by molar-refractivity contribution is 14.1. The molecule has 0 spiro atoms. The number of oxime groups is 1. The summed E-state index contributed by atoms with van der Waals surface area (Å²) in [4.78, 5) is 15.4. The average Bonchev–Trinajstić information content (AvgIpc) is 2.56. The zero-order valence-corrected chi connectivity index (χ0v) is 15.2. The van der Waals surface area contributed by atoms with E-state index in [4.69, 9.17) is 9.57 Å². The van der Waals surface area contributed by atoms with Crippen LogP contribution in [0.3, 0.4) is 0 Å². The molecule has 0 amide bonds. The summed E-state index contributed by atoms with van der Waals surface area (Å²) in [7, 11) is 1.49. The summed E-state index contributed by atoms with van der Waals surface area (Å²) < 4.78 is 5.92. The van der Waals surface area contributed by atoms with Crippen molar-refractivity contribution in [2.24, 2.45) is 5.16 Å². The highest BCUT2D eigenvalue weighted by atomic mass is 127. The molecule has 0 unspecified atom stereocenters. The molecule has 0 radical (unpaired) electrons. The van der Waals surface area contributed by atoms with Gasteiger partial charge in [-0.3, -0.25) is 10.1 Å². The van der Waals surface area contributed by atoms with E-state index in [9.17, 15) is 15.2 Å². The molecule has 24 heavy (non-hydrogen) atoms. The van der Waals surface area contributed by atoms with Crippen LogP contribution in [0.25, 0.3) is 0 Å². The molecule has 0 saturated heterocycles. The lowest BCUT2D eigenvalue weighted by Crippen LogP contribution is -2.01. The summed E-state index contributed by atoms with van der Waals surface area (Å²) in [6.07, 6.45) is 0. The van der Waals surface area contributed by atoms with Crippen LogP contribution in [0, 0.1) is 13.7 Å². The van der Waals surface area contributed by atoms with E-state index in [2.05, 4.69) is 27.7 Å². The lowest BCUT2D eigenvalue weighted by molar-refractivity contribution is -0.384. The van der Waals surface area contributed by atoms with Crippen LogP contribution in [0.1, 0.15) is 18.1 Å². The number of hydrogen-bond donors (Lipinski definition) is 1. The zero-order valence-electron chi connectivity index (χ0n) is 13.0. The number of rotatable bonds is 6. The number of ether oxygens (including phenoxy) is 1. The lowest BCUT2D eigenvalue weighted by Gasteiger charge is -2.09. The summed E-state index contributed by atoms with van der Waals surface area (Å²) in [5.41, 5.74) is 2.13. The molecule has 126 valence electrons. The maximum atomic E-state index is 10.6. The van der Waals surface area contributed by atoms with E-state index in [0.717, 1.165) is 14.7 Å². The van der Waals surface area contributed by atoms with Gasteiger partial charge in [0.15, 0.2) is 11.5 Å². The first kappa shape index (κ1) is 18.0. The summed E-state index contributed by atoms with van der Waals surface area (Å²) in [6.45, 7) is 1.95. The van der Waals surface area contributed by atoms with Crippen molar-refractivity contribution in [2.75, 3.05) is 7.11 Å². The van der Waals surface area contributed by atoms with E-state index < -0.39 is 4.92 Å². The number of nitro groups is 1. The lowest BCUT2D eigenvalue weighted by atomic mass is 10.1. The predicted molar refractivity (Wildman–Crippen MR) is 97.5 cm³/mol. The number of nitrogens with zero attached hydrogens (tertiary/aromatic N) is 2. The van der Waals surface area contributed by atoms with E-state index >= 15 is 0 Å². The Morgan fingerprint density at radius 2 is 2.00 bits per heavy atom. The van der Waals surface area contributed by atoms with Crippen molar-refractivity contribution in [3.05, 3.63) is 61.2 Å². The first-order valence-electron chi connectivity index (χ1n) is 6.89. The molecular formula is C16H15IN2O5. The van der Waals surface area contributed by atoms with Gasteiger partial charge in [-0.15, -0.1) is 0 Å². The highest BCUT2D eigenvalue weighted by Gasteiger charge is 2.11. The van der Waals surface area contributed by atoms with Crippen molar-refractivity contribution in [3.63, 3.8) is 0 Å². The summed E-state index contributed by atoms with van der Waals surface area (Å²) >= 11 is 2.12. The third kappa shape index (κ3) is 4.34. The van der Waals surface area contributed by atoms with Crippen LogP contribution in [0.15, 0.2) is 41.6 Å². The Labute approximate surface area is 152 Å². The van der Waals surface area contributed by atoms with Gasteiger partial charge in [-0.25, -0.2) is 0 Å². The summed E-state index contributed by atoms with van der Waals surface area (Å²) in [5, 5.41) is 24.5. The van der Waals surface area contributed by atoms with Crippen molar-refractivity contribution in [1.29, 1.82) is 0 Å². The Hall–Kier alpha value is -2.36. The average molecular weight is 442 g/mol. The van der Waals surface area contributed by atoms with Crippen LogP contribution in [0.2, 0.25) is 0 Å². The molecule has 8 heteroatoms. The minimum absolute atomic E-state index is 0.0258. The van der Waals surface area contributed by atoms with E-state index in [1.807, 2.05) is 0 Å². The van der Waals surface area contributed by atoms with Crippen molar-refractivity contribution in [2.45, 2.75) is 13.5 Å². The second kappa shape index (κ2) is 7.95. The Morgan fingerprint density at radius 3 is 2.58 bits per heavy atom. The smallest absolute Gasteiger partial charge is 0.269 e. The SMILES string of the molecule is COc1cc(I)c(C(C)=NOCc2ccc([N+](=O)[O-])cc2)cc1O. The fourth-order valence-electron chi connectivity index (χ4n) is 1.95. The number of non-ortho nitro benzene ring substituents is 1. The molecule has 1 N–H and O–H groups in total. The summed E-state index contributed by atoms with van der Waals surface area (Å²) in [5.74, 6) is 0.417. The molecule has 0 fully saturated rings. The molecule has 7 nitrogen and oxygen atoms in total. The van der Waals surface area contributed by atoms with Gasteiger partial charge in [-0.2, -0.15) is 0 Å². The van der Waals surface area contributed by atoms with Crippen LogP contribution in [-0.4, -0.2) is 22.9 Å². The molecule has 2 aromatic rings. The minimum Gasteiger partial charge on any atom is -0.504 e. The maximum absolute atomic E-state index is 10.6. The van der Waals surface area contributed by atoms with Crippen molar-refractivity contribution in [3.8, 4) is 11.5 Å². The van der Waals surface area contributed by atoms with E-state index in [1.54, 1.807) is 31.2 Å². The zero-order chi connectivity index (χ0) is 17.7. The van der Waals surface area contributed by atoms with Gasteiger partial charge < -0.3 is 14.7 Å². The van der Waals surface area contributed by atoms with E-state index in [0.29, 0.717) is 11.5 Å². The van der Waals surface area contributed by atoms with Gasteiger partial charge in [-0.05, 0) is 59.3 Å². The Kier molecular flexibility index (Phi) is 5.96. The van der Waals surface area contributed by atoms with Crippen molar-refractivity contribution >= 4 is 34.0 Å². The van der Waals surface area contributed by atoms with Crippen LogP contribution in [0.4, 0.5) is 5.69 Å². The first-order valence-corrected chi connectivity index (χ1v) is 7.97. The molecular weight excluding hydrogens is 427 g/mol. The standard InChI is InChI=1S/C16H15IN2O5/c1-10(13-7-15(20)16(23-2)8-14(13)17)18-24-9-11-3-5-12(6-4-11)19(21)22/h3-8,20H,9H2,1-2H3. The van der Waals surface area contributed by atoms with Gasteiger partial charge in [0.05, 0.1) is 17.7 Å². The molecule has 0 aliphatic heterocycles. The number of phenols is 1. The quantitative estimate of drug-likeness (QED) is 0.318. The number of methoxy groups -OCH3 is 1. The summed E-state index contributed by atoms with van der Waals surface area (Å²) in [6, 6.07) is 9.34. The fourth-order valence-corrected chi connectivity index (χ4v) is 2.78. The predicted octanol–water partition coefficient (Wildman–Crippen LogP) is 3.85. The number of aromatic hydroxyl groups is 1. The van der Waals surface area contributed by atoms with Gasteiger partial charge in [0, 0.05) is 21.3 Å². The Balaban J connectivity index is 2.06. The molecule has 0 aromatic heterocycles. The van der Waals surface area contributed by atoms with Crippen LogP contribution in [0.5, 0.6) is 11.5 Å². The van der Waals surface area contributed by atoms with Gasteiger partial charge in [0.2, 0.25) is 0 Å². The Morgan fingerprint density at radius 1 is 1.33 bits per heavy atom. The highest BCUT2D eigenvalue weighted by Crippen LogP contribution is 2.30. The largest absolute Gasteiger partial charge is 0.504 e. The van der Waals surface area contributed by atoms with Gasteiger partial charge in [-0.1, -0.05) is 5.16 Å². The van der Waals surface area contributed by atoms with Crippen LogP contribution >= 0.6 is 22.6 Å². The molecule has 0 bridgehead atoms. The van der Waals surface area contributed by atoms with Crippen LogP contribution in [-0.2, 0) is 11.4 Å². The third-order valence-corrected chi connectivity index (χ3v) is 4.13. The first-order chi connectivity index (χ1) is 11.4.